The molecule has 1 unspecified atom stereocenters. The van der Waals surface area contributed by atoms with E-state index >= 15 is 0 Å². The van der Waals surface area contributed by atoms with E-state index in [1.54, 1.807) is 0 Å². The molecule has 100 valence electrons. The van der Waals surface area contributed by atoms with Crippen LogP contribution in [-0.4, -0.2) is 33.2 Å². The van der Waals surface area contributed by atoms with Gasteiger partial charge in [-0.3, -0.25) is 0 Å². The Morgan fingerprint density at radius 3 is 2.39 bits per heavy atom. The van der Waals surface area contributed by atoms with Gasteiger partial charge in [-0.25, -0.2) is 0 Å². The predicted octanol–water partition coefficient (Wildman–Crippen LogP) is 2.32. The van der Waals surface area contributed by atoms with Crippen LogP contribution in [0.4, 0.5) is 11.4 Å². The Morgan fingerprint density at radius 2 is 1.83 bits per heavy atom. The first-order chi connectivity index (χ1) is 8.70. The average molecular weight is 247 g/mol. The molecule has 0 spiro atoms. The Hall–Kier alpha value is -1.22. The normalized spacial score (nSPS) is 16.9. The van der Waals surface area contributed by atoms with E-state index < -0.39 is 0 Å². The molecule has 0 aromatic heterocycles. The fraction of sp³-hybridized carbons (Fsp3) is 0.600. The zero-order valence-corrected chi connectivity index (χ0v) is 11.6. The van der Waals surface area contributed by atoms with Crippen molar-refractivity contribution in [1.82, 2.24) is 0 Å². The summed E-state index contributed by atoms with van der Waals surface area (Å²) in [7, 11) is 2.14. The van der Waals surface area contributed by atoms with Gasteiger partial charge >= 0.3 is 0 Å². The number of hydrogen-bond acceptors (Lipinski definition) is 3. The maximum Gasteiger partial charge on any atom is 0.0367 e. The van der Waals surface area contributed by atoms with E-state index in [4.69, 9.17) is 5.73 Å². The second-order valence-corrected chi connectivity index (χ2v) is 5.43. The summed E-state index contributed by atoms with van der Waals surface area (Å²) in [5.41, 5.74) is 8.31. The van der Waals surface area contributed by atoms with E-state index in [-0.39, 0.29) is 0 Å². The molecule has 2 N–H and O–H groups in total. The molecule has 0 bridgehead atoms. The minimum atomic E-state index is 0.535. The van der Waals surface area contributed by atoms with Gasteiger partial charge in [0.05, 0.1) is 0 Å². The van der Waals surface area contributed by atoms with Crippen molar-refractivity contribution in [2.45, 2.75) is 19.8 Å². The van der Waals surface area contributed by atoms with Crippen molar-refractivity contribution in [3.63, 3.8) is 0 Å². The Morgan fingerprint density at radius 1 is 1.22 bits per heavy atom. The lowest BCUT2D eigenvalue weighted by molar-refractivity contribution is 0.590. The molecule has 0 aliphatic carbocycles. The molecule has 1 aromatic rings. The number of rotatable bonds is 5. The smallest absolute Gasteiger partial charge is 0.0367 e. The molecule has 1 heterocycles. The highest BCUT2D eigenvalue weighted by Crippen LogP contribution is 2.23. The van der Waals surface area contributed by atoms with Crippen molar-refractivity contribution >= 4 is 11.4 Å². The first-order valence-corrected chi connectivity index (χ1v) is 6.97. The van der Waals surface area contributed by atoms with E-state index in [0.717, 1.165) is 13.1 Å². The molecule has 3 nitrogen and oxygen atoms in total. The van der Waals surface area contributed by atoms with Gasteiger partial charge in [0, 0.05) is 38.1 Å². The van der Waals surface area contributed by atoms with Crippen LogP contribution in [-0.2, 0) is 0 Å². The van der Waals surface area contributed by atoms with Crippen LogP contribution in [0.3, 0.4) is 0 Å². The highest BCUT2D eigenvalue weighted by atomic mass is 15.1. The maximum absolute atomic E-state index is 5.67. The van der Waals surface area contributed by atoms with E-state index in [0.29, 0.717) is 5.92 Å². The van der Waals surface area contributed by atoms with Crippen molar-refractivity contribution in [3.8, 4) is 0 Å². The molecule has 1 atom stereocenters. The van der Waals surface area contributed by atoms with Crippen LogP contribution in [0.1, 0.15) is 19.8 Å². The molecule has 0 radical (unpaired) electrons. The molecule has 18 heavy (non-hydrogen) atoms. The van der Waals surface area contributed by atoms with Crippen LogP contribution < -0.4 is 15.5 Å². The van der Waals surface area contributed by atoms with Crippen LogP contribution in [0.25, 0.3) is 0 Å². The van der Waals surface area contributed by atoms with Gasteiger partial charge in [-0.2, -0.15) is 0 Å². The third-order valence-electron chi connectivity index (χ3n) is 3.75. The van der Waals surface area contributed by atoms with E-state index in [9.17, 15) is 0 Å². The zero-order valence-electron chi connectivity index (χ0n) is 11.6. The van der Waals surface area contributed by atoms with Gasteiger partial charge in [0.2, 0.25) is 0 Å². The summed E-state index contributed by atoms with van der Waals surface area (Å²) in [5.74, 6) is 0.535. The van der Waals surface area contributed by atoms with E-state index in [1.165, 1.54) is 37.3 Å². The molecule has 1 saturated heterocycles. The molecular weight excluding hydrogens is 222 g/mol. The largest absolute Gasteiger partial charge is 0.374 e. The zero-order chi connectivity index (χ0) is 13.0. The SMILES string of the molecule is CC(CN)CN(C)c1ccc(N2CCCC2)cc1. The molecule has 0 amide bonds. The summed E-state index contributed by atoms with van der Waals surface area (Å²) >= 11 is 0. The van der Waals surface area contributed by atoms with Crippen LogP contribution in [0.2, 0.25) is 0 Å². The molecule has 0 saturated carbocycles. The fourth-order valence-electron chi connectivity index (χ4n) is 2.54. The van der Waals surface area contributed by atoms with Crippen molar-refractivity contribution in [1.29, 1.82) is 0 Å². The quantitative estimate of drug-likeness (QED) is 0.866. The monoisotopic (exact) mass is 247 g/mol. The summed E-state index contributed by atoms with van der Waals surface area (Å²) in [4.78, 5) is 4.75. The lowest BCUT2D eigenvalue weighted by atomic mass is 10.1. The number of benzene rings is 1. The Balaban J connectivity index is 1.98. The van der Waals surface area contributed by atoms with Gasteiger partial charge in [-0.05, 0) is 49.6 Å². The second kappa shape index (κ2) is 6.10. The molecule has 1 aliphatic heterocycles. The van der Waals surface area contributed by atoms with Crippen molar-refractivity contribution in [3.05, 3.63) is 24.3 Å². The molecule has 1 aromatic carbocycles. The lowest BCUT2D eigenvalue weighted by Crippen LogP contribution is -2.28. The van der Waals surface area contributed by atoms with Gasteiger partial charge in [0.1, 0.15) is 0 Å². The number of hydrogen-bond donors (Lipinski definition) is 1. The van der Waals surface area contributed by atoms with Crippen molar-refractivity contribution in [2.24, 2.45) is 11.7 Å². The highest BCUT2D eigenvalue weighted by molar-refractivity contribution is 5.56. The summed E-state index contributed by atoms with van der Waals surface area (Å²) < 4.78 is 0. The minimum Gasteiger partial charge on any atom is -0.374 e. The fourth-order valence-corrected chi connectivity index (χ4v) is 2.54. The average Bonchev–Trinajstić information content (AvgIpc) is 2.92. The van der Waals surface area contributed by atoms with E-state index in [1.807, 2.05) is 0 Å². The molecule has 2 rings (SSSR count). The minimum absolute atomic E-state index is 0.535. The van der Waals surface area contributed by atoms with Crippen LogP contribution in [0.15, 0.2) is 24.3 Å². The van der Waals surface area contributed by atoms with Crippen molar-refractivity contribution in [2.75, 3.05) is 43.0 Å². The van der Waals surface area contributed by atoms with Gasteiger partial charge in [-0.15, -0.1) is 0 Å². The Kier molecular flexibility index (Phi) is 4.48. The lowest BCUT2D eigenvalue weighted by Gasteiger charge is -2.24. The van der Waals surface area contributed by atoms with Gasteiger partial charge in [0.25, 0.3) is 0 Å². The number of nitrogens with two attached hydrogens (primary N) is 1. The Bertz CT molecular complexity index is 355. The van der Waals surface area contributed by atoms with Crippen LogP contribution in [0.5, 0.6) is 0 Å². The molecular formula is C15H25N3. The van der Waals surface area contributed by atoms with Crippen LogP contribution >= 0.6 is 0 Å². The van der Waals surface area contributed by atoms with Gasteiger partial charge < -0.3 is 15.5 Å². The van der Waals surface area contributed by atoms with E-state index in [2.05, 4.69) is 48.0 Å². The number of anilines is 2. The summed E-state index contributed by atoms with van der Waals surface area (Å²) in [6, 6.07) is 8.92. The van der Waals surface area contributed by atoms with Crippen LogP contribution in [0, 0.1) is 5.92 Å². The van der Waals surface area contributed by atoms with Crippen molar-refractivity contribution < 1.29 is 0 Å². The topological polar surface area (TPSA) is 32.5 Å². The molecule has 3 heteroatoms. The third kappa shape index (κ3) is 3.16. The predicted molar refractivity (Wildman–Crippen MR) is 79.4 cm³/mol. The first-order valence-electron chi connectivity index (χ1n) is 6.97. The second-order valence-electron chi connectivity index (χ2n) is 5.43. The molecule has 1 aliphatic rings. The highest BCUT2D eigenvalue weighted by Gasteiger charge is 2.12. The van der Waals surface area contributed by atoms with Gasteiger partial charge in [0.15, 0.2) is 0 Å². The summed E-state index contributed by atoms with van der Waals surface area (Å²) in [5, 5.41) is 0. The summed E-state index contributed by atoms with van der Waals surface area (Å²) in [6.45, 7) is 6.36. The maximum atomic E-state index is 5.67. The molecule has 1 fully saturated rings. The number of nitrogens with zero attached hydrogens (tertiary/aromatic N) is 2. The Labute approximate surface area is 111 Å². The summed E-state index contributed by atoms with van der Waals surface area (Å²) in [6.07, 6.45) is 2.66. The first kappa shape index (κ1) is 13.2. The standard InChI is InChI=1S/C15H25N3/c1-13(11-16)12-17(2)14-5-7-15(8-6-14)18-9-3-4-10-18/h5-8,13H,3-4,9-12,16H2,1-2H3. The van der Waals surface area contributed by atoms with Gasteiger partial charge in [-0.1, -0.05) is 6.92 Å². The third-order valence-corrected chi connectivity index (χ3v) is 3.75.